The van der Waals surface area contributed by atoms with Crippen molar-refractivity contribution in [3.63, 3.8) is 0 Å². The summed E-state index contributed by atoms with van der Waals surface area (Å²) >= 11 is 0. The predicted octanol–water partition coefficient (Wildman–Crippen LogP) is 4.26. The summed E-state index contributed by atoms with van der Waals surface area (Å²) in [6.45, 7) is 3.07. The lowest BCUT2D eigenvalue weighted by Gasteiger charge is -2.39. The number of benzene rings is 1. The lowest BCUT2D eigenvalue weighted by Crippen LogP contribution is -2.48. The van der Waals surface area contributed by atoms with Crippen molar-refractivity contribution in [3.8, 4) is 0 Å². The Morgan fingerprint density at radius 3 is 2.13 bits per heavy atom. The fourth-order valence-electron chi connectivity index (χ4n) is 5.33. The molecule has 2 amide bonds. The zero-order valence-electron chi connectivity index (χ0n) is 18.9. The fraction of sp³-hybridized carbons (Fsp3) is 0.692. The zero-order valence-corrected chi connectivity index (χ0v) is 18.9. The molecular formula is C26H39N3O2. The Morgan fingerprint density at radius 2 is 1.48 bits per heavy atom. The van der Waals surface area contributed by atoms with Gasteiger partial charge < -0.3 is 10.2 Å². The molecule has 3 fully saturated rings. The topological polar surface area (TPSA) is 52.7 Å². The van der Waals surface area contributed by atoms with Crippen molar-refractivity contribution in [2.24, 2.45) is 0 Å². The van der Waals surface area contributed by atoms with Gasteiger partial charge in [0, 0.05) is 50.6 Å². The molecule has 0 radical (unpaired) electrons. The normalized spacial score (nSPS) is 21.4. The molecule has 1 aromatic carbocycles. The summed E-state index contributed by atoms with van der Waals surface area (Å²) in [5.41, 5.74) is 1.36. The smallest absolute Gasteiger partial charge is 0.223 e. The van der Waals surface area contributed by atoms with Crippen LogP contribution in [0.1, 0.15) is 82.6 Å². The van der Waals surface area contributed by atoms with Gasteiger partial charge >= 0.3 is 0 Å². The van der Waals surface area contributed by atoms with E-state index in [0.717, 1.165) is 58.2 Å². The summed E-state index contributed by atoms with van der Waals surface area (Å²) in [5, 5.41) is 3.19. The average Bonchev–Trinajstić information content (AvgIpc) is 3.63. The van der Waals surface area contributed by atoms with Crippen molar-refractivity contribution in [3.05, 3.63) is 35.9 Å². The molecule has 0 aromatic heterocycles. The number of rotatable bonds is 8. The van der Waals surface area contributed by atoms with Crippen molar-refractivity contribution in [2.45, 2.75) is 102 Å². The molecule has 0 atom stereocenters. The number of hydrogen-bond donors (Lipinski definition) is 1. The molecule has 1 saturated heterocycles. The number of likely N-dealkylation sites (tertiary alicyclic amines) is 1. The molecule has 0 bridgehead atoms. The van der Waals surface area contributed by atoms with Gasteiger partial charge in [-0.15, -0.1) is 0 Å². The van der Waals surface area contributed by atoms with E-state index in [0.29, 0.717) is 31.0 Å². The second-order valence-corrected chi connectivity index (χ2v) is 9.78. The van der Waals surface area contributed by atoms with Crippen molar-refractivity contribution in [2.75, 3.05) is 13.1 Å². The van der Waals surface area contributed by atoms with Crippen LogP contribution in [0.25, 0.3) is 0 Å². The van der Waals surface area contributed by atoms with E-state index in [1.165, 1.54) is 31.2 Å². The van der Waals surface area contributed by atoms with E-state index in [-0.39, 0.29) is 11.8 Å². The molecule has 31 heavy (non-hydrogen) atoms. The van der Waals surface area contributed by atoms with Crippen LogP contribution >= 0.6 is 0 Å². The molecule has 0 unspecified atom stereocenters. The Bertz CT molecular complexity index is 703. The second-order valence-electron chi connectivity index (χ2n) is 9.78. The standard InChI is InChI=1S/C26H39N3O2/c30-25(27-22-10-6-1-2-7-11-22)14-15-26(31)29(23-12-13-23)24-16-18-28(19-17-24)20-21-8-4-3-5-9-21/h3-5,8-9,22-24H,1-2,6-7,10-20H2,(H,27,30). The Labute approximate surface area is 187 Å². The van der Waals surface area contributed by atoms with Crippen LogP contribution in [0.3, 0.4) is 0 Å². The summed E-state index contributed by atoms with van der Waals surface area (Å²) in [4.78, 5) is 30.2. The van der Waals surface area contributed by atoms with Crippen LogP contribution in [0.4, 0.5) is 0 Å². The van der Waals surface area contributed by atoms with E-state index in [1.807, 2.05) is 0 Å². The highest BCUT2D eigenvalue weighted by Crippen LogP contribution is 2.33. The molecule has 1 aliphatic heterocycles. The number of carbonyl (C=O) groups is 2. The summed E-state index contributed by atoms with van der Waals surface area (Å²) in [5.74, 6) is 0.258. The molecule has 4 rings (SSSR count). The molecule has 2 saturated carbocycles. The first-order valence-corrected chi connectivity index (χ1v) is 12.6. The van der Waals surface area contributed by atoms with Crippen LogP contribution in [-0.2, 0) is 16.1 Å². The maximum atomic E-state index is 13.1. The number of carbonyl (C=O) groups excluding carboxylic acids is 2. The third-order valence-electron chi connectivity index (χ3n) is 7.21. The third kappa shape index (κ3) is 6.80. The van der Waals surface area contributed by atoms with Crippen LogP contribution in [0, 0.1) is 0 Å². The minimum Gasteiger partial charge on any atom is -0.353 e. The van der Waals surface area contributed by atoms with E-state index in [2.05, 4.69) is 45.4 Å². The maximum absolute atomic E-state index is 13.1. The van der Waals surface area contributed by atoms with Gasteiger partial charge in [-0.1, -0.05) is 56.0 Å². The third-order valence-corrected chi connectivity index (χ3v) is 7.21. The van der Waals surface area contributed by atoms with Crippen molar-refractivity contribution in [1.29, 1.82) is 0 Å². The zero-order chi connectivity index (χ0) is 21.5. The van der Waals surface area contributed by atoms with Crippen molar-refractivity contribution >= 4 is 11.8 Å². The lowest BCUT2D eigenvalue weighted by atomic mass is 10.0. The van der Waals surface area contributed by atoms with Crippen molar-refractivity contribution < 1.29 is 9.59 Å². The highest BCUT2D eigenvalue weighted by molar-refractivity contribution is 5.84. The molecule has 2 aliphatic carbocycles. The van der Waals surface area contributed by atoms with Crippen LogP contribution < -0.4 is 5.32 Å². The molecule has 5 nitrogen and oxygen atoms in total. The lowest BCUT2D eigenvalue weighted by molar-refractivity contribution is -0.137. The van der Waals surface area contributed by atoms with E-state index < -0.39 is 0 Å². The maximum Gasteiger partial charge on any atom is 0.223 e. The first-order chi connectivity index (χ1) is 15.2. The van der Waals surface area contributed by atoms with Crippen LogP contribution in [0.2, 0.25) is 0 Å². The number of nitrogens with zero attached hydrogens (tertiary/aromatic N) is 2. The van der Waals surface area contributed by atoms with Crippen LogP contribution in [-0.4, -0.2) is 52.8 Å². The minimum atomic E-state index is 0.0636. The van der Waals surface area contributed by atoms with Crippen LogP contribution in [0.5, 0.6) is 0 Å². The summed E-state index contributed by atoms with van der Waals surface area (Å²) in [7, 11) is 0. The molecule has 5 heteroatoms. The molecule has 3 aliphatic rings. The first-order valence-electron chi connectivity index (χ1n) is 12.6. The monoisotopic (exact) mass is 425 g/mol. The average molecular weight is 426 g/mol. The summed E-state index contributed by atoms with van der Waals surface area (Å²) in [6.07, 6.45) is 12.2. The number of amides is 2. The second kappa shape index (κ2) is 11.1. The highest BCUT2D eigenvalue weighted by Gasteiger charge is 2.38. The summed E-state index contributed by atoms with van der Waals surface area (Å²) < 4.78 is 0. The van der Waals surface area contributed by atoms with E-state index in [1.54, 1.807) is 0 Å². The molecule has 1 N–H and O–H groups in total. The van der Waals surface area contributed by atoms with Gasteiger partial charge in [0.2, 0.25) is 11.8 Å². The Kier molecular flexibility index (Phi) is 8.01. The van der Waals surface area contributed by atoms with E-state index in [9.17, 15) is 9.59 Å². The van der Waals surface area contributed by atoms with Crippen molar-refractivity contribution in [1.82, 2.24) is 15.1 Å². The molecule has 1 heterocycles. The fourth-order valence-corrected chi connectivity index (χ4v) is 5.33. The van der Waals surface area contributed by atoms with E-state index in [4.69, 9.17) is 0 Å². The van der Waals surface area contributed by atoms with Gasteiger partial charge in [0.05, 0.1) is 0 Å². The Morgan fingerprint density at radius 1 is 0.839 bits per heavy atom. The Balaban J connectivity index is 1.22. The quantitative estimate of drug-likeness (QED) is 0.633. The van der Waals surface area contributed by atoms with Gasteiger partial charge in [0.1, 0.15) is 0 Å². The number of piperidine rings is 1. The first kappa shape index (κ1) is 22.3. The molecule has 0 spiro atoms. The SMILES string of the molecule is O=C(CCC(=O)N(C1CC1)C1CCN(Cc2ccccc2)CC1)NC1CCCCCC1. The van der Waals surface area contributed by atoms with Gasteiger partial charge in [-0.3, -0.25) is 14.5 Å². The molecule has 1 aromatic rings. The van der Waals surface area contributed by atoms with Gasteiger partial charge in [-0.2, -0.15) is 0 Å². The van der Waals surface area contributed by atoms with E-state index >= 15 is 0 Å². The van der Waals surface area contributed by atoms with Gasteiger partial charge in [-0.05, 0) is 44.1 Å². The number of nitrogens with one attached hydrogen (secondary N) is 1. The predicted molar refractivity (Wildman–Crippen MR) is 123 cm³/mol. The highest BCUT2D eigenvalue weighted by atomic mass is 16.2. The van der Waals surface area contributed by atoms with Gasteiger partial charge in [0.15, 0.2) is 0 Å². The molecular weight excluding hydrogens is 386 g/mol. The molecule has 170 valence electrons. The largest absolute Gasteiger partial charge is 0.353 e. The van der Waals surface area contributed by atoms with Gasteiger partial charge in [0.25, 0.3) is 0 Å². The minimum absolute atomic E-state index is 0.0636. The number of hydrogen-bond acceptors (Lipinski definition) is 3. The Hall–Kier alpha value is -1.88. The summed E-state index contributed by atoms with van der Waals surface area (Å²) in [6, 6.07) is 11.7. The van der Waals surface area contributed by atoms with Crippen LogP contribution in [0.15, 0.2) is 30.3 Å². The van der Waals surface area contributed by atoms with Gasteiger partial charge in [-0.25, -0.2) is 0 Å².